The number of nitrogens with zero attached hydrogens (tertiary/aromatic N) is 4. The van der Waals surface area contributed by atoms with Gasteiger partial charge in [0.25, 0.3) is 0 Å². The maximum absolute atomic E-state index is 12.3. The third-order valence-corrected chi connectivity index (χ3v) is 5.95. The van der Waals surface area contributed by atoms with Crippen LogP contribution in [0.4, 0.5) is 10.5 Å². The van der Waals surface area contributed by atoms with Gasteiger partial charge in [0.1, 0.15) is 5.82 Å². The van der Waals surface area contributed by atoms with Crippen LogP contribution in [0.15, 0.2) is 53.5 Å². The van der Waals surface area contributed by atoms with Crippen molar-refractivity contribution in [1.29, 1.82) is 0 Å². The number of urea groups is 1. The second-order valence-corrected chi connectivity index (χ2v) is 8.33. The van der Waals surface area contributed by atoms with Gasteiger partial charge in [0.05, 0.1) is 11.0 Å². The quantitative estimate of drug-likeness (QED) is 0.293. The maximum Gasteiger partial charge on any atom is 0.321 e. The summed E-state index contributed by atoms with van der Waals surface area (Å²) in [4.78, 5) is 23.2. The van der Waals surface area contributed by atoms with Crippen LogP contribution < -0.4 is 16.0 Å². The van der Waals surface area contributed by atoms with E-state index in [1.807, 2.05) is 35.2 Å². The van der Waals surface area contributed by atoms with E-state index in [1.54, 1.807) is 7.05 Å². The highest BCUT2D eigenvalue weighted by Crippen LogP contribution is 2.16. The van der Waals surface area contributed by atoms with E-state index < -0.39 is 0 Å². The number of aromatic nitrogens is 2. The van der Waals surface area contributed by atoms with Crippen molar-refractivity contribution in [3.05, 3.63) is 59.9 Å². The Bertz CT molecular complexity index is 1110. The predicted octanol–water partition coefficient (Wildman–Crippen LogP) is 3.73. The first kappa shape index (κ1) is 22.6. The topological polar surface area (TPSA) is 86.6 Å². The van der Waals surface area contributed by atoms with Crippen LogP contribution in [0.25, 0.3) is 11.0 Å². The van der Waals surface area contributed by atoms with Crippen molar-refractivity contribution < 1.29 is 4.79 Å². The zero-order chi connectivity index (χ0) is 23.0. The van der Waals surface area contributed by atoms with Crippen molar-refractivity contribution in [3.8, 4) is 0 Å². The maximum atomic E-state index is 12.3. The number of likely N-dealkylation sites (tertiary alicyclic amines) is 1. The van der Waals surface area contributed by atoms with Crippen LogP contribution in [0, 0.1) is 6.92 Å². The minimum absolute atomic E-state index is 0.0176. The number of rotatable bonds is 7. The summed E-state index contributed by atoms with van der Waals surface area (Å²) in [6, 6.07) is 16.2. The van der Waals surface area contributed by atoms with E-state index in [-0.39, 0.29) is 6.03 Å². The molecular formula is C25H33N7O. The predicted molar refractivity (Wildman–Crippen MR) is 134 cm³/mol. The lowest BCUT2D eigenvalue weighted by atomic mass is 10.2. The average molecular weight is 448 g/mol. The summed E-state index contributed by atoms with van der Waals surface area (Å²) in [6.45, 7) is 6.05. The van der Waals surface area contributed by atoms with Crippen molar-refractivity contribution in [2.24, 2.45) is 4.99 Å². The van der Waals surface area contributed by atoms with Gasteiger partial charge >= 0.3 is 6.03 Å². The summed E-state index contributed by atoms with van der Waals surface area (Å²) >= 11 is 0. The van der Waals surface area contributed by atoms with E-state index in [0.29, 0.717) is 6.54 Å². The highest BCUT2D eigenvalue weighted by Gasteiger charge is 2.17. The van der Waals surface area contributed by atoms with Crippen LogP contribution in [0.1, 0.15) is 30.7 Å². The molecule has 0 aliphatic carbocycles. The van der Waals surface area contributed by atoms with Gasteiger partial charge in [-0.2, -0.15) is 0 Å². The molecule has 4 rings (SSSR count). The number of benzene rings is 2. The van der Waals surface area contributed by atoms with E-state index >= 15 is 0 Å². The summed E-state index contributed by atoms with van der Waals surface area (Å²) in [7, 11) is 1.77. The molecule has 1 aliphatic heterocycles. The number of amides is 2. The normalized spacial score (nSPS) is 14.0. The smallest absolute Gasteiger partial charge is 0.321 e. The van der Waals surface area contributed by atoms with Gasteiger partial charge in [-0.25, -0.2) is 9.78 Å². The number of carbonyl (C=O) groups is 1. The second-order valence-electron chi connectivity index (χ2n) is 8.33. The molecule has 0 unspecified atom stereocenters. The van der Waals surface area contributed by atoms with Crippen LogP contribution in [0.2, 0.25) is 0 Å². The molecule has 1 fully saturated rings. The first-order valence-electron chi connectivity index (χ1n) is 11.7. The van der Waals surface area contributed by atoms with Gasteiger partial charge in [-0.1, -0.05) is 24.3 Å². The molecule has 8 heteroatoms. The number of carbonyl (C=O) groups excluding carboxylic acids is 1. The van der Waals surface area contributed by atoms with E-state index in [0.717, 1.165) is 74.0 Å². The van der Waals surface area contributed by atoms with Crippen LogP contribution in [-0.2, 0) is 13.1 Å². The Morgan fingerprint density at radius 1 is 1.09 bits per heavy atom. The summed E-state index contributed by atoms with van der Waals surface area (Å²) in [5.41, 5.74) is 4.11. The van der Waals surface area contributed by atoms with Gasteiger partial charge in [-0.15, -0.1) is 0 Å². The molecule has 3 aromatic rings. The van der Waals surface area contributed by atoms with Crippen LogP contribution in [-0.4, -0.2) is 53.1 Å². The Balaban J connectivity index is 1.23. The third-order valence-electron chi connectivity index (χ3n) is 5.95. The Labute approximate surface area is 195 Å². The number of para-hydroxylation sites is 2. The molecule has 2 amide bonds. The molecule has 1 aliphatic rings. The Morgan fingerprint density at radius 3 is 2.73 bits per heavy atom. The fourth-order valence-electron chi connectivity index (χ4n) is 4.21. The number of anilines is 1. The summed E-state index contributed by atoms with van der Waals surface area (Å²) < 4.78 is 2.26. The van der Waals surface area contributed by atoms with E-state index in [9.17, 15) is 4.79 Å². The molecule has 8 nitrogen and oxygen atoms in total. The fourth-order valence-corrected chi connectivity index (χ4v) is 4.21. The first-order chi connectivity index (χ1) is 16.1. The lowest BCUT2D eigenvalue weighted by molar-refractivity contribution is 0.222. The van der Waals surface area contributed by atoms with Crippen molar-refractivity contribution in [2.75, 3.05) is 32.0 Å². The van der Waals surface area contributed by atoms with Gasteiger partial charge < -0.3 is 25.4 Å². The van der Waals surface area contributed by atoms with Gasteiger partial charge in [-0.05, 0) is 56.0 Å². The minimum Gasteiger partial charge on any atom is -0.356 e. The zero-order valence-electron chi connectivity index (χ0n) is 19.5. The number of guanidine groups is 1. The molecule has 0 bridgehead atoms. The van der Waals surface area contributed by atoms with Crippen LogP contribution >= 0.6 is 0 Å². The molecule has 2 aromatic carbocycles. The number of imidazole rings is 1. The summed E-state index contributed by atoms with van der Waals surface area (Å²) in [5, 5.41) is 9.74. The van der Waals surface area contributed by atoms with Crippen molar-refractivity contribution in [1.82, 2.24) is 25.1 Å². The van der Waals surface area contributed by atoms with Crippen LogP contribution in [0.5, 0.6) is 0 Å². The Kier molecular flexibility index (Phi) is 7.44. The molecule has 0 atom stereocenters. The van der Waals surface area contributed by atoms with Gasteiger partial charge in [0.2, 0.25) is 0 Å². The average Bonchev–Trinajstić information content (AvgIpc) is 3.47. The number of fused-ring (bicyclic) bond motifs is 1. The van der Waals surface area contributed by atoms with Crippen LogP contribution in [0.3, 0.4) is 0 Å². The van der Waals surface area contributed by atoms with Crippen molar-refractivity contribution in [3.63, 3.8) is 0 Å². The Morgan fingerprint density at radius 2 is 1.91 bits per heavy atom. The largest absolute Gasteiger partial charge is 0.356 e. The van der Waals surface area contributed by atoms with E-state index in [4.69, 9.17) is 0 Å². The monoisotopic (exact) mass is 447 g/mol. The summed E-state index contributed by atoms with van der Waals surface area (Å²) in [5.74, 6) is 1.80. The fraction of sp³-hybridized carbons (Fsp3) is 0.400. The molecule has 0 radical (unpaired) electrons. The molecule has 3 N–H and O–H groups in total. The third kappa shape index (κ3) is 5.83. The minimum atomic E-state index is -0.0176. The van der Waals surface area contributed by atoms with Gasteiger partial charge in [-0.3, -0.25) is 4.99 Å². The van der Waals surface area contributed by atoms with Crippen molar-refractivity contribution in [2.45, 2.75) is 39.3 Å². The van der Waals surface area contributed by atoms with Gasteiger partial charge in [0.15, 0.2) is 5.96 Å². The molecule has 2 heterocycles. The molecule has 1 aromatic heterocycles. The highest BCUT2D eigenvalue weighted by molar-refractivity contribution is 5.89. The van der Waals surface area contributed by atoms with Gasteiger partial charge in [0, 0.05) is 45.5 Å². The first-order valence-corrected chi connectivity index (χ1v) is 11.7. The standard InChI is InChI=1S/C25H33N7O/c1-19-29-22-11-3-4-12-23(22)32(19)16-8-13-27-24(26-2)28-18-20-9-7-10-21(17-20)30-25(33)31-14-5-6-15-31/h3-4,7,9-12,17H,5-6,8,13-16,18H2,1-2H3,(H,30,33)(H2,26,27,28). The lowest BCUT2D eigenvalue weighted by Crippen LogP contribution is -2.37. The second kappa shape index (κ2) is 10.8. The molecule has 0 spiro atoms. The van der Waals surface area contributed by atoms with E-state index in [2.05, 4.69) is 55.6 Å². The number of nitrogens with one attached hydrogen (secondary N) is 3. The number of hydrogen-bond acceptors (Lipinski definition) is 3. The molecule has 0 saturated carbocycles. The number of aliphatic imine (C=N–C) groups is 1. The SMILES string of the molecule is CN=C(NCCCn1c(C)nc2ccccc21)NCc1cccc(NC(=O)N2CCCC2)c1. The Hall–Kier alpha value is -3.55. The number of aryl methyl sites for hydroxylation is 2. The zero-order valence-corrected chi connectivity index (χ0v) is 19.5. The summed E-state index contributed by atoms with van der Waals surface area (Å²) in [6.07, 6.45) is 3.13. The molecule has 33 heavy (non-hydrogen) atoms. The molecule has 174 valence electrons. The van der Waals surface area contributed by atoms with E-state index in [1.165, 1.54) is 5.52 Å². The number of hydrogen-bond donors (Lipinski definition) is 3. The molecular weight excluding hydrogens is 414 g/mol. The molecule has 1 saturated heterocycles. The lowest BCUT2D eigenvalue weighted by Gasteiger charge is -2.17. The van der Waals surface area contributed by atoms with Crippen molar-refractivity contribution >= 4 is 28.7 Å². The highest BCUT2D eigenvalue weighted by atomic mass is 16.2.